The fraction of sp³-hybridized carbons (Fsp3) is 0.348. The number of hydrogen-bond acceptors (Lipinski definition) is 5. The van der Waals surface area contributed by atoms with Crippen LogP contribution in [0.4, 0.5) is 5.69 Å². The normalized spacial score (nSPS) is 15.0. The molecule has 0 spiro atoms. The molecule has 1 aliphatic rings. The second-order valence-electron chi connectivity index (χ2n) is 6.91. The minimum absolute atomic E-state index is 0. The first-order valence-electron chi connectivity index (χ1n) is 10.1. The Kier molecular flexibility index (Phi) is 8.69. The highest BCUT2D eigenvalue weighted by molar-refractivity contribution is 8.93. The number of hydrogen-bond donors (Lipinski definition) is 0. The first-order valence-corrected chi connectivity index (χ1v) is 11.0. The van der Waals surface area contributed by atoms with Crippen LogP contribution in [0.3, 0.4) is 0 Å². The fourth-order valence-electron chi connectivity index (χ4n) is 3.43. The van der Waals surface area contributed by atoms with Crippen molar-refractivity contribution in [3.63, 3.8) is 0 Å². The molecule has 5 nitrogen and oxygen atoms in total. The van der Waals surface area contributed by atoms with E-state index in [2.05, 4.69) is 27.0 Å². The summed E-state index contributed by atoms with van der Waals surface area (Å²) < 4.78 is 13.4. The lowest BCUT2D eigenvalue weighted by Gasteiger charge is -2.26. The monoisotopic (exact) mass is 489 g/mol. The predicted octanol–water partition coefficient (Wildman–Crippen LogP) is 4.76. The zero-order valence-corrected chi connectivity index (χ0v) is 19.7. The lowest BCUT2D eigenvalue weighted by Crippen LogP contribution is -2.39. The second kappa shape index (κ2) is 11.5. The number of morpholine rings is 1. The maximum atomic E-state index is 5.60. The summed E-state index contributed by atoms with van der Waals surface area (Å²) in [6.07, 6.45) is 0. The minimum Gasteiger partial charge on any atom is -0.494 e. The molecule has 7 heteroatoms. The highest BCUT2D eigenvalue weighted by atomic mass is 79.9. The molecule has 0 aliphatic carbocycles. The molecule has 0 unspecified atom stereocenters. The standard InChI is InChI=1S/C23H27N3O2S.BrH/c1-2-28-21-10-8-19(9-11-21)22-18-29-23(24-20-6-4-3-5-7-20)26(22)13-12-25-14-16-27-17-15-25;/h3-11,18H,2,12-17H2,1H3;1H. The molecule has 0 N–H and O–H groups in total. The van der Waals surface area contributed by atoms with Gasteiger partial charge in [0, 0.05) is 31.6 Å². The lowest BCUT2D eigenvalue weighted by molar-refractivity contribution is 0.0363. The third kappa shape index (κ3) is 5.82. The molecule has 0 bridgehead atoms. The third-order valence-corrected chi connectivity index (χ3v) is 5.85. The Bertz CT molecular complexity index is 964. The molecule has 1 aliphatic heterocycles. The summed E-state index contributed by atoms with van der Waals surface area (Å²) in [6.45, 7) is 8.20. The van der Waals surface area contributed by atoms with Crippen LogP contribution in [-0.4, -0.2) is 48.9 Å². The largest absolute Gasteiger partial charge is 0.494 e. The molecule has 0 atom stereocenters. The fourth-order valence-corrected chi connectivity index (χ4v) is 4.39. The summed E-state index contributed by atoms with van der Waals surface area (Å²) in [7, 11) is 0. The highest BCUT2D eigenvalue weighted by Crippen LogP contribution is 2.24. The zero-order chi connectivity index (χ0) is 19.9. The molecule has 0 radical (unpaired) electrons. The Morgan fingerprint density at radius 2 is 1.73 bits per heavy atom. The number of aromatic nitrogens is 1. The molecule has 0 saturated carbocycles. The molecular weight excluding hydrogens is 462 g/mol. The van der Waals surface area contributed by atoms with Gasteiger partial charge < -0.3 is 14.0 Å². The van der Waals surface area contributed by atoms with E-state index in [1.807, 2.05) is 49.4 Å². The quantitative estimate of drug-likeness (QED) is 0.480. The van der Waals surface area contributed by atoms with E-state index in [0.29, 0.717) is 6.61 Å². The van der Waals surface area contributed by atoms with Gasteiger partial charge in [0.2, 0.25) is 0 Å². The van der Waals surface area contributed by atoms with Crippen LogP contribution in [0.2, 0.25) is 0 Å². The molecule has 1 aromatic heterocycles. The number of ether oxygens (including phenoxy) is 2. The Hall–Kier alpha value is -1.93. The van der Waals surface area contributed by atoms with E-state index in [4.69, 9.17) is 14.5 Å². The van der Waals surface area contributed by atoms with Crippen LogP contribution in [0.1, 0.15) is 6.92 Å². The van der Waals surface area contributed by atoms with Gasteiger partial charge in [-0.1, -0.05) is 18.2 Å². The van der Waals surface area contributed by atoms with E-state index in [0.717, 1.165) is 55.6 Å². The van der Waals surface area contributed by atoms with Gasteiger partial charge in [-0.2, -0.15) is 0 Å². The molecule has 160 valence electrons. The molecule has 4 rings (SSSR count). The average molecular weight is 490 g/mol. The summed E-state index contributed by atoms with van der Waals surface area (Å²) in [5, 5.41) is 2.21. The summed E-state index contributed by atoms with van der Waals surface area (Å²) >= 11 is 1.69. The van der Waals surface area contributed by atoms with Gasteiger partial charge in [-0.05, 0) is 48.9 Å². The van der Waals surface area contributed by atoms with Gasteiger partial charge in [0.05, 0.1) is 31.2 Å². The lowest BCUT2D eigenvalue weighted by atomic mass is 10.1. The summed E-state index contributed by atoms with van der Waals surface area (Å²) in [5.74, 6) is 0.903. The number of nitrogens with zero attached hydrogens (tertiary/aromatic N) is 3. The molecule has 2 aromatic carbocycles. The van der Waals surface area contributed by atoms with Gasteiger partial charge in [0.15, 0.2) is 4.80 Å². The van der Waals surface area contributed by atoms with Crippen LogP contribution in [0.15, 0.2) is 65.0 Å². The Balaban J connectivity index is 0.00000256. The van der Waals surface area contributed by atoms with E-state index >= 15 is 0 Å². The summed E-state index contributed by atoms with van der Waals surface area (Å²) in [6, 6.07) is 18.5. The van der Waals surface area contributed by atoms with E-state index in [1.54, 1.807) is 11.3 Å². The Morgan fingerprint density at radius 3 is 2.43 bits per heavy atom. The highest BCUT2D eigenvalue weighted by Gasteiger charge is 2.13. The SMILES string of the molecule is Br.CCOc1ccc(-c2csc(=Nc3ccccc3)n2CCN2CCOCC2)cc1. The van der Waals surface area contributed by atoms with E-state index in [9.17, 15) is 0 Å². The van der Waals surface area contributed by atoms with Gasteiger partial charge in [-0.15, -0.1) is 28.3 Å². The number of benzene rings is 2. The second-order valence-corrected chi connectivity index (χ2v) is 7.75. The van der Waals surface area contributed by atoms with Crippen molar-refractivity contribution >= 4 is 34.0 Å². The van der Waals surface area contributed by atoms with Crippen molar-refractivity contribution in [1.29, 1.82) is 0 Å². The summed E-state index contributed by atoms with van der Waals surface area (Å²) in [4.78, 5) is 8.39. The minimum atomic E-state index is 0. The first-order chi connectivity index (χ1) is 14.3. The van der Waals surface area contributed by atoms with Crippen LogP contribution in [-0.2, 0) is 11.3 Å². The molecule has 30 heavy (non-hydrogen) atoms. The van der Waals surface area contributed by atoms with Crippen LogP contribution in [0.25, 0.3) is 11.3 Å². The third-order valence-electron chi connectivity index (χ3n) is 4.98. The smallest absolute Gasteiger partial charge is 0.190 e. The van der Waals surface area contributed by atoms with E-state index in [-0.39, 0.29) is 17.0 Å². The van der Waals surface area contributed by atoms with E-state index in [1.165, 1.54) is 11.3 Å². The maximum absolute atomic E-state index is 5.60. The molecular formula is C23H28BrN3O2S. The van der Waals surface area contributed by atoms with E-state index < -0.39 is 0 Å². The molecule has 0 amide bonds. The van der Waals surface area contributed by atoms with Crippen LogP contribution in [0.5, 0.6) is 5.75 Å². The van der Waals surface area contributed by atoms with Crippen molar-refractivity contribution in [2.45, 2.75) is 13.5 Å². The molecule has 2 heterocycles. The van der Waals surface area contributed by atoms with Gasteiger partial charge in [0.1, 0.15) is 5.75 Å². The van der Waals surface area contributed by atoms with Crippen molar-refractivity contribution in [3.05, 3.63) is 64.8 Å². The zero-order valence-electron chi connectivity index (χ0n) is 17.2. The van der Waals surface area contributed by atoms with Crippen molar-refractivity contribution in [2.75, 3.05) is 39.5 Å². The molecule has 1 fully saturated rings. The van der Waals surface area contributed by atoms with Crippen molar-refractivity contribution in [3.8, 4) is 17.0 Å². The van der Waals surface area contributed by atoms with Crippen molar-refractivity contribution in [1.82, 2.24) is 9.47 Å². The van der Waals surface area contributed by atoms with Crippen LogP contribution in [0, 0.1) is 0 Å². The van der Waals surface area contributed by atoms with Crippen LogP contribution < -0.4 is 9.54 Å². The van der Waals surface area contributed by atoms with Gasteiger partial charge in [-0.3, -0.25) is 4.90 Å². The maximum Gasteiger partial charge on any atom is 0.190 e. The Morgan fingerprint density at radius 1 is 1.00 bits per heavy atom. The number of para-hydroxylation sites is 1. The van der Waals surface area contributed by atoms with Crippen LogP contribution >= 0.6 is 28.3 Å². The van der Waals surface area contributed by atoms with Gasteiger partial charge in [-0.25, -0.2) is 4.99 Å². The summed E-state index contributed by atoms with van der Waals surface area (Å²) in [5.41, 5.74) is 3.36. The van der Waals surface area contributed by atoms with Gasteiger partial charge in [0.25, 0.3) is 0 Å². The topological polar surface area (TPSA) is 39.0 Å². The average Bonchev–Trinajstić information content (AvgIpc) is 3.17. The number of halogens is 1. The van der Waals surface area contributed by atoms with Crippen molar-refractivity contribution in [2.24, 2.45) is 4.99 Å². The first kappa shape index (κ1) is 22.7. The number of rotatable bonds is 7. The molecule has 3 aromatic rings. The van der Waals surface area contributed by atoms with Crippen molar-refractivity contribution < 1.29 is 9.47 Å². The van der Waals surface area contributed by atoms with Gasteiger partial charge >= 0.3 is 0 Å². The number of thiazole rings is 1. The molecule has 1 saturated heterocycles. The Labute approximate surface area is 192 Å². The predicted molar refractivity (Wildman–Crippen MR) is 128 cm³/mol.